The Morgan fingerprint density at radius 3 is 2.18 bits per heavy atom. The van der Waals surface area contributed by atoms with Crippen LogP contribution in [-0.2, 0) is 14.4 Å². The summed E-state index contributed by atoms with van der Waals surface area (Å²) in [6.07, 6.45) is 1.03. The molecule has 1 aliphatic carbocycles. The average Bonchev–Trinajstić information content (AvgIpc) is 2.29. The Morgan fingerprint density at radius 1 is 1.12 bits per heavy atom. The van der Waals surface area contributed by atoms with E-state index < -0.39 is 24.1 Å². The summed E-state index contributed by atoms with van der Waals surface area (Å²) < 4.78 is 0. The first-order valence-electron chi connectivity index (χ1n) is 5.57. The lowest BCUT2D eigenvalue weighted by Gasteiger charge is -2.25. The van der Waals surface area contributed by atoms with Crippen LogP contribution in [0, 0.1) is 0 Å². The number of hydroxylamine groups is 1. The van der Waals surface area contributed by atoms with Crippen molar-refractivity contribution in [3.05, 3.63) is 0 Å². The maximum Gasteiger partial charge on any atom is 0.338 e. The van der Waals surface area contributed by atoms with Crippen molar-refractivity contribution in [2.45, 2.75) is 50.4 Å². The number of carbonyl (C=O) groups is 2. The fraction of sp³-hybridized carbons (Fsp3) is 0.800. The molecule has 1 saturated carbocycles. The van der Waals surface area contributed by atoms with Gasteiger partial charge in [0.2, 0.25) is 6.10 Å². The lowest BCUT2D eigenvalue weighted by atomic mass is 9.96. The molecular weight excluding hydrogens is 230 g/mol. The standard InChI is InChI=1S/C10H17NO6/c12-7(9(13)14)8(10(15)16)17-11-6-4-2-1-3-5-6/h6-8,11-12H,1-5H2,(H,13,14)(H,15,16). The highest BCUT2D eigenvalue weighted by molar-refractivity contribution is 5.83. The summed E-state index contributed by atoms with van der Waals surface area (Å²) in [6.45, 7) is 0. The van der Waals surface area contributed by atoms with Gasteiger partial charge in [-0.3, -0.25) is 4.84 Å². The van der Waals surface area contributed by atoms with Gasteiger partial charge in [0.15, 0.2) is 6.10 Å². The zero-order valence-electron chi connectivity index (χ0n) is 9.33. The number of nitrogens with one attached hydrogen (secondary N) is 1. The van der Waals surface area contributed by atoms with E-state index in [0.29, 0.717) is 0 Å². The van der Waals surface area contributed by atoms with E-state index in [9.17, 15) is 9.59 Å². The molecule has 2 atom stereocenters. The fourth-order valence-corrected chi connectivity index (χ4v) is 1.77. The fourth-order valence-electron chi connectivity index (χ4n) is 1.77. The highest BCUT2D eigenvalue weighted by atomic mass is 16.7. The first-order chi connectivity index (χ1) is 8.02. The van der Waals surface area contributed by atoms with Crippen molar-refractivity contribution in [1.82, 2.24) is 5.48 Å². The highest BCUT2D eigenvalue weighted by Gasteiger charge is 2.34. The molecule has 1 rings (SSSR count). The van der Waals surface area contributed by atoms with Crippen LogP contribution >= 0.6 is 0 Å². The van der Waals surface area contributed by atoms with Crippen LogP contribution in [0.1, 0.15) is 32.1 Å². The van der Waals surface area contributed by atoms with Gasteiger partial charge in [0.1, 0.15) is 0 Å². The lowest BCUT2D eigenvalue weighted by molar-refractivity contribution is -0.180. The Balaban J connectivity index is 2.43. The van der Waals surface area contributed by atoms with Crippen molar-refractivity contribution in [2.24, 2.45) is 0 Å². The molecule has 0 aromatic rings. The number of hydrogen-bond acceptors (Lipinski definition) is 5. The molecule has 2 unspecified atom stereocenters. The molecule has 0 saturated heterocycles. The van der Waals surface area contributed by atoms with E-state index in [2.05, 4.69) is 5.48 Å². The van der Waals surface area contributed by atoms with Crippen molar-refractivity contribution in [2.75, 3.05) is 0 Å². The number of rotatable bonds is 6. The maximum absolute atomic E-state index is 10.7. The van der Waals surface area contributed by atoms with Crippen molar-refractivity contribution in [1.29, 1.82) is 0 Å². The minimum absolute atomic E-state index is 0.0200. The minimum atomic E-state index is -2.08. The number of carboxylic acids is 2. The zero-order valence-corrected chi connectivity index (χ0v) is 9.33. The summed E-state index contributed by atoms with van der Waals surface area (Å²) in [6, 6.07) is 0.0200. The molecule has 0 aromatic heterocycles. The maximum atomic E-state index is 10.7. The van der Waals surface area contributed by atoms with Crippen LogP contribution in [0.15, 0.2) is 0 Å². The van der Waals surface area contributed by atoms with Crippen LogP contribution in [0.5, 0.6) is 0 Å². The minimum Gasteiger partial charge on any atom is -0.479 e. The van der Waals surface area contributed by atoms with Crippen LogP contribution < -0.4 is 5.48 Å². The average molecular weight is 247 g/mol. The summed E-state index contributed by atoms with van der Waals surface area (Å²) in [5.74, 6) is -3.13. The number of aliphatic hydroxyl groups excluding tert-OH is 1. The van der Waals surface area contributed by atoms with Gasteiger partial charge in [-0.15, -0.1) is 0 Å². The molecule has 7 nitrogen and oxygen atoms in total. The van der Waals surface area contributed by atoms with Crippen LogP contribution in [-0.4, -0.2) is 45.5 Å². The summed E-state index contributed by atoms with van der Waals surface area (Å²) >= 11 is 0. The molecule has 0 bridgehead atoms. The number of carboxylic acid groups (broad SMARTS) is 2. The summed E-state index contributed by atoms with van der Waals surface area (Å²) in [5, 5.41) is 26.4. The Kier molecular flexibility index (Phi) is 5.33. The third-order valence-electron chi connectivity index (χ3n) is 2.75. The van der Waals surface area contributed by atoms with E-state index >= 15 is 0 Å². The molecule has 0 heterocycles. The second-order valence-electron chi connectivity index (χ2n) is 4.11. The molecule has 7 heteroatoms. The molecule has 0 aliphatic heterocycles. The predicted molar refractivity (Wildman–Crippen MR) is 56.2 cm³/mol. The molecular formula is C10H17NO6. The molecule has 0 aromatic carbocycles. The van der Waals surface area contributed by atoms with E-state index in [0.717, 1.165) is 32.1 Å². The predicted octanol–water partition coefficient (Wildman–Crippen LogP) is -0.261. The summed E-state index contributed by atoms with van der Waals surface area (Å²) in [4.78, 5) is 26.0. The first kappa shape index (κ1) is 13.9. The first-order valence-corrected chi connectivity index (χ1v) is 5.57. The SMILES string of the molecule is O=C(O)C(O)C(ONC1CCCCC1)C(=O)O. The van der Waals surface area contributed by atoms with Gasteiger partial charge < -0.3 is 15.3 Å². The molecule has 0 spiro atoms. The molecule has 1 aliphatic rings. The van der Waals surface area contributed by atoms with Gasteiger partial charge in [-0.05, 0) is 12.8 Å². The highest BCUT2D eigenvalue weighted by Crippen LogP contribution is 2.17. The van der Waals surface area contributed by atoms with Crippen molar-refractivity contribution in [3.63, 3.8) is 0 Å². The van der Waals surface area contributed by atoms with E-state index in [1.807, 2.05) is 0 Å². The molecule has 98 valence electrons. The Morgan fingerprint density at radius 2 is 1.71 bits per heavy atom. The van der Waals surface area contributed by atoms with E-state index in [1.165, 1.54) is 0 Å². The van der Waals surface area contributed by atoms with E-state index in [1.54, 1.807) is 0 Å². The van der Waals surface area contributed by atoms with Gasteiger partial charge in [-0.2, -0.15) is 5.48 Å². The third kappa shape index (κ3) is 4.29. The largest absolute Gasteiger partial charge is 0.479 e. The summed E-state index contributed by atoms with van der Waals surface area (Å²) in [7, 11) is 0. The Labute approximate surface area is 98.3 Å². The number of aliphatic hydroxyl groups is 1. The quantitative estimate of drug-likeness (QED) is 0.478. The van der Waals surface area contributed by atoms with Gasteiger partial charge >= 0.3 is 11.9 Å². The van der Waals surface area contributed by atoms with E-state index in [-0.39, 0.29) is 6.04 Å². The topological polar surface area (TPSA) is 116 Å². The molecule has 4 N–H and O–H groups in total. The third-order valence-corrected chi connectivity index (χ3v) is 2.75. The second kappa shape index (κ2) is 6.53. The van der Waals surface area contributed by atoms with Crippen LogP contribution in [0.25, 0.3) is 0 Å². The monoisotopic (exact) mass is 247 g/mol. The van der Waals surface area contributed by atoms with Gasteiger partial charge in [0.25, 0.3) is 0 Å². The molecule has 17 heavy (non-hydrogen) atoms. The van der Waals surface area contributed by atoms with Gasteiger partial charge in [-0.1, -0.05) is 19.3 Å². The molecule has 1 fully saturated rings. The molecule has 0 amide bonds. The van der Waals surface area contributed by atoms with Crippen LogP contribution in [0.4, 0.5) is 0 Å². The molecule has 0 radical (unpaired) electrons. The van der Waals surface area contributed by atoms with Crippen molar-refractivity contribution >= 4 is 11.9 Å². The number of hydrogen-bond donors (Lipinski definition) is 4. The smallest absolute Gasteiger partial charge is 0.338 e. The van der Waals surface area contributed by atoms with Gasteiger partial charge in [0.05, 0.1) is 0 Å². The normalized spacial score (nSPS) is 20.8. The summed E-state index contributed by atoms with van der Waals surface area (Å²) in [5.41, 5.74) is 2.53. The van der Waals surface area contributed by atoms with Gasteiger partial charge in [-0.25, -0.2) is 9.59 Å². The second-order valence-corrected chi connectivity index (χ2v) is 4.11. The van der Waals surface area contributed by atoms with E-state index in [4.69, 9.17) is 20.2 Å². The zero-order chi connectivity index (χ0) is 12.8. The van der Waals surface area contributed by atoms with Gasteiger partial charge in [0, 0.05) is 6.04 Å². The Bertz CT molecular complexity index is 276. The van der Waals surface area contributed by atoms with Crippen LogP contribution in [0.3, 0.4) is 0 Å². The van der Waals surface area contributed by atoms with Crippen molar-refractivity contribution in [3.8, 4) is 0 Å². The Hall–Kier alpha value is -1.18. The lowest BCUT2D eigenvalue weighted by Crippen LogP contribution is -2.47. The van der Waals surface area contributed by atoms with Crippen LogP contribution in [0.2, 0.25) is 0 Å². The van der Waals surface area contributed by atoms with Crippen molar-refractivity contribution < 1.29 is 29.7 Å². The number of aliphatic carboxylic acids is 2.